The highest BCUT2D eigenvalue weighted by Crippen LogP contribution is 2.48. The molecule has 0 aromatic heterocycles. The van der Waals surface area contributed by atoms with E-state index in [1.807, 2.05) is 81.7 Å². The molecule has 5 amide bonds. The van der Waals surface area contributed by atoms with Crippen LogP contribution in [-0.4, -0.2) is 183 Å². The minimum absolute atomic E-state index is 0.0352. The molecule has 16 nitrogen and oxygen atoms in total. The Bertz CT molecular complexity index is 2170. The minimum atomic E-state index is -2.19. The smallest absolute Gasteiger partial charge is 0.410 e. The number of alkyl halides is 2. The molecule has 418 valence electrons. The van der Waals surface area contributed by atoms with Gasteiger partial charge in [-0.15, -0.1) is 0 Å². The van der Waals surface area contributed by atoms with E-state index in [1.54, 1.807) is 9.80 Å². The second kappa shape index (κ2) is 21.9. The number of rotatable bonds is 10. The van der Waals surface area contributed by atoms with Crippen molar-refractivity contribution < 1.29 is 55.8 Å². The molecule has 4 heterocycles. The standard InChI is InChI=1S/C31H48FN3O6Si.C23H42FN3O4Si/c1-29(2,3)41-28(38)35-18-24(20-40-42(7,8)30(4,5)6)34(21-31(35)14-15-31)26(36)25-16-23(32)17-33(25)27(37)39-19-22-12-10-9-11-13-22;1-21(2,3)31-20(29)27-13-17(14-30-32(7,8)22(4,5)6)26(15-23(27)9-10-23)19(28)18-11-16(24)12-25-18/h9-13,23-25H,14-21H2,1-8H3;16-18,25H,9-15H2,1-8H3/t23-,24-,25+;16-,17-,18+/m11/s1. The van der Waals surface area contributed by atoms with Crippen LogP contribution >= 0.6 is 0 Å². The van der Waals surface area contributed by atoms with Crippen molar-refractivity contribution in [3.63, 3.8) is 0 Å². The molecule has 2 saturated carbocycles. The summed E-state index contributed by atoms with van der Waals surface area (Å²) in [5.41, 5.74) is -1.34. The molecule has 6 atom stereocenters. The van der Waals surface area contributed by atoms with Gasteiger partial charge < -0.3 is 38.2 Å². The van der Waals surface area contributed by atoms with Gasteiger partial charge >= 0.3 is 18.3 Å². The van der Waals surface area contributed by atoms with Crippen LogP contribution in [0.15, 0.2) is 30.3 Å². The molecular weight excluding hydrogens is 987 g/mol. The van der Waals surface area contributed by atoms with Crippen molar-refractivity contribution in [2.24, 2.45) is 0 Å². The van der Waals surface area contributed by atoms with Crippen LogP contribution in [0.3, 0.4) is 0 Å². The van der Waals surface area contributed by atoms with Gasteiger partial charge in [0.15, 0.2) is 16.6 Å². The molecule has 1 aromatic rings. The lowest BCUT2D eigenvalue weighted by Crippen LogP contribution is -2.66. The van der Waals surface area contributed by atoms with Gasteiger partial charge in [-0.05, 0) is 109 Å². The largest absolute Gasteiger partial charge is 0.445 e. The normalized spacial score (nSPS) is 25.9. The highest BCUT2D eigenvalue weighted by molar-refractivity contribution is 6.74. The number of nitrogens with one attached hydrogen (secondary N) is 1. The number of halogens is 2. The Morgan fingerprint density at radius 3 is 1.45 bits per heavy atom. The average molecular weight is 1080 g/mol. The summed E-state index contributed by atoms with van der Waals surface area (Å²) in [5.74, 6) is -0.408. The number of piperazine rings is 2. The van der Waals surface area contributed by atoms with Crippen LogP contribution < -0.4 is 5.32 Å². The van der Waals surface area contributed by atoms with Gasteiger partial charge in [-0.3, -0.25) is 24.3 Å². The van der Waals surface area contributed by atoms with Crippen LogP contribution in [0.25, 0.3) is 0 Å². The first-order valence-corrected chi connectivity index (χ1v) is 32.7. The molecule has 20 heteroatoms. The third kappa shape index (κ3) is 14.4. The van der Waals surface area contributed by atoms with Crippen LogP contribution in [0.2, 0.25) is 36.3 Å². The van der Waals surface area contributed by atoms with Crippen LogP contribution in [0.1, 0.15) is 127 Å². The molecule has 74 heavy (non-hydrogen) atoms. The van der Waals surface area contributed by atoms with E-state index < -0.39 is 76.0 Å². The fraction of sp³-hybridized carbons (Fsp3) is 0.796. The maximum Gasteiger partial charge on any atom is 0.410 e. The van der Waals surface area contributed by atoms with Gasteiger partial charge in [0.25, 0.3) is 0 Å². The molecule has 0 bridgehead atoms. The minimum Gasteiger partial charge on any atom is -0.445 e. The van der Waals surface area contributed by atoms with Crippen molar-refractivity contribution in [1.82, 2.24) is 29.8 Å². The van der Waals surface area contributed by atoms with E-state index >= 15 is 0 Å². The van der Waals surface area contributed by atoms with E-state index in [0.717, 1.165) is 31.2 Å². The Hall–Kier alpha value is -3.86. The lowest BCUT2D eigenvalue weighted by atomic mass is 10.0. The Morgan fingerprint density at radius 2 is 1.05 bits per heavy atom. The van der Waals surface area contributed by atoms with Crippen LogP contribution in [0.4, 0.5) is 23.2 Å². The highest BCUT2D eigenvalue weighted by atomic mass is 28.4. The van der Waals surface area contributed by atoms with Gasteiger partial charge in [-0.2, -0.15) is 0 Å². The molecule has 6 aliphatic rings. The summed E-state index contributed by atoms with van der Waals surface area (Å²) in [4.78, 5) is 75.5. The van der Waals surface area contributed by atoms with E-state index in [-0.39, 0.29) is 91.8 Å². The summed E-state index contributed by atoms with van der Waals surface area (Å²) in [6.07, 6.45) is -0.488. The quantitative estimate of drug-likeness (QED) is 0.176. The monoisotopic (exact) mass is 1080 g/mol. The molecule has 2 spiro atoms. The molecule has 6 fully saturated rings. The van der Waals surface area contributed by atoms with E-state index in [2.05, 4.69) is 73.0 Å². The first-order valence-electron chi connectivity index (χ1n) is 26.9. The molecular formula is C54H90F2N6O10Si2. The summed E-state index contributed by atoms with van der Waals surface area (Å²) in [6, 6.07) is 7.00. The lowest BCUT2D eigenvalue weighted by Gasteiger charge is -2.49. The number of amides is 5. The molecule has 2 aliphatic carbocycles. The summed E-state index contributed by atoms with van der Waals surface area (Å²) in [7, 11) is -4.25. The molecule has 4 saturated heterocycles. The maximum atomic E-state index is 14.8. The van der Waals surface area contributed by atoms with Gasteiger partial charge in [0.2, 0.25) is 11.8 Å². The van der Waals surface area contributed by atoms with Crippen LogP contribution in [0, 0.1) is 0 Å². The van der Waals surface area contributed by atoms with Crippen LogP contribution in [-0.2, 0) is 39.3 Å². The van der Waals surface area contributed by atoms with Crippen molar-refractivity contribution >= 4 is 46.7 Å². The number of carbonyl (C=O) groups is 5. The average Bonchev–Trinajstić information content (AvgIpc) is 4.14. The van der Waals surface area contributed by atoms with Gasteiger partial charge in [-0.1, -0.05) is 71.9 Å². The van der Waals surface area contributed by atoms with Gasteiger partial charge in [0, 0.05) is 45.6 Å². The number of hydrogen-bond donors (Lipinski definition) is 1. The zero-order valence-corrected chi connectivity index (χ0v) is 49.5. The number of carbonyl (C=O) groups excluding carboxylic acids is 5. The molecule has 0 radical (unpaired) electrons. The van der Waals surface area contributed by atoms with E-state index in [4.69, 9.17) is 23.1 Å². The van der Waals surface area contributed by atoms with Gasteiger partial charge in [0.1, 0.15) is 36.2 Å². The van der Waals surface area contributed by atoms with Gasteiger partial charge in [-0.25, -0.2) is 23.2 Å². The zero-order chi connectivity index (χ0) is 55.2. The summed E-state index contributed by atoms with van der Waals surface area (Å²) < 4.78 is 58.6. The number of benzene rings is 1. The van der Waals surface area contributed by atoms with E-state index in [1.165, 1.54) is 4.90 Å². The van der Waals surface area contributed by atoms with E-state index in [0.29, 0.717) is 19.7 Å². The third-order valence-electron chi connectivity index (χ3n) is 16.4. The third-order valence-corrected chi connectivity index (χ3v) is 25.4. The summed E-state index contributed by atoms with van der Waals surface area (Å²) in [6.45, 7) is 34.7. The first-order chi connectivity index (χ1) is 34.0. The second-order valence-corrected chi connectivity index (χ2v) is 36.5. The zero-order valence-electron chi connectivity index (χ0n) is 47.5. The second-order valence-electron chi connectivity index (χ2n) is 26.8. The summed E-state index contributed by atoms with van der Waals surface area (Å²) in [5, 5.41) is 3.01. The Morgan fingerprint density at radius 1 is 0.608 bits per heavy atom. The number of ether oxygens (including phenoxy) is 3. The molecule has 7 rings (SSSR count). The predicted molar refractivity (Wildman–Crippen MR) is 285 cm³/mol. The Balaban J connectivity index is 0.000000250. The van der Waals surface area contributed by atoms with Crippen molar-refractivity contribution in [3.05, 3.63) is 35.9 Å². The SMILES string of the molecule is CC(C)(C)OC(=O)N1C[C@H](CO[Si](C)(C)C(C)(C)C)N(C(=O)[C@@H]2C[C@@H](F)CN2)CC12CC2.CC(C)(C)OC(=O)N1C[C@H](CO[Si](C)(C)C(C)(C)C)N(C(=O)[C@@H]2C[C@@H](F)CN2C(=O)OCc2ccccc2)CC12CC2. The Kier molecular flexibility index (Phi) is 17.6. The highest BCUT2D eigenvalue weighted by Gasteiger charge is 2.60. The maximum absolute atomic E-state index is 14.8. The number of hydrogen-bond acceptors (Lipinski definition) is 11. The van der Waals surface area contributed by atoms with Crippen molar-refractivity contribution in [3.8, 4) is 0 Å². The van der Waals surface area contributed by atoms with Gasteiger partial charge in [0.05, 0.1) is 49.0 Å². The molecule has 0 unspecified atom stereocenters. The Labute approximate surface area is 442 Å². The summed E-state index contributed by atoms with van der Waals surface area (Å²) >= 11 is 0. The molecule has 4 aliphatic heterocycles. The lowest BCUT2D eigenvalue weighted by molar-refractivity contribution is -0.144. The van der Waals surface area contributed by atoms with Crippen molar-refractivity contribution in [2.75, 3.05) is 52.5 Å². The predicted octanol–water partition coefficient (Wildman–Crippen LogP) is 9.43. The fourth-order valence-electron chi connectivity index (χ4n) is 9.52. The van der Waals surface area contributed by atoms with E-state index in [9.17, 15) is 32.8 Å². The van der Waals surface area contributed by atoms with Crippen LogP contribution in [0.5, 0.6) is 0 Å². The molecule has 1 aromatic carbocycles. The fourth-order valence-corrected chi connectivity index (χ4v) is 11.6. The van der Waals surface area contributed by atoms with Crippen molar-refractivity contribution in [2.45, 2.75) is 223 Å². The first kappa shape index (κ1) is 59.4. The number of likely N-dealkylation sites (tertiary alicyclic amines) is 1. The number of nitrogens with zero attached hydrogens (tertiary/aromatic N) is 5. The van der Waals surface area contributed by atoms with Crippen molar-refractivity contribution in [1.29, 1.82) is 0 Å². The topological polar surface area (TPSA) is 160 Å². The molecule has 1 N–H and O–H groups in total.